The summed E-state index contributed by atoms with van der Waals surface area (Å²) in [7, 11) is 0. The number of benzene rings is 2. The quantitative estimate of drug-likeness (QED) is 0.893. The Morgan fingerprint density at radius 3 is 2.37 bits per heavy atom. The monoisotopic (exact) mass is 298 g/mol. The van der Waals surface area contributed by atoms with Crippen molar-refractivity contribution in [1.29, 1.82) is 0 Å². The van der Waals surface area contributed by atoms with Crippen LogP contribution in [0, 0.1) is 5.82 Å². The third-order valence-electron chi connectivity index (χ3n) is 2.88. The van der Waals surface area contributed by atoms with E-state index in [-0.39, 0.29) is 6.42 Å². The molecule has 100 valence electrons. The van der Waals surface area contributed by atoms with Crippen molar-refractivity contribution < 1.29 is 9.50 Å². The molecule has 0 fully saturated rings. The van der Waals surface area contributed by atoms with Crippen LogP contribution in [0.1, 0.15) is 11.1 Å². The molecule has 1 nitrogen and oxygen atoms in total. The van der Waals surface area contributed by atoms with Gasteiger partial charge in [0.2, 0.25) is 0 Å². The maximum absolute atomic E-state index is 13.6. The van der Waals surface area contributed by atoms with E-state index in [1.807, 2.05) is 18.2 Å². The Balaban J connectivity index is 2.05. The maximum atomic E-state index is 13.6. The third kappa shape index (κ3) is 3.93. The fourth-order valence-corrected chi connectivity index (χ4v) is 2.30. The minimum absolute atomic E-state index is 0.230. The Labute approximate surface area is 121 Å². The molecule has 19 heavy (non-hydrogen) atoms. The van der Waals surface area contributed by atoms with E-state index in [1.165, 1.54) is 6.07 Å². The van der Waals surface area contributed by atoms with Gasteiger partial charge in [-0.15, -0.1) is 0 Å². The van der Waals surface area contributed by atoms with Crippen LogP contribution in [0.5, 0.6) is 0 Å². The number of aliphatic hydroxyl groups excluding tert-OH is 1. The summed E-state index contributed by atoms with van der Waals surface area (Å²) in [6.07, 6.45) is -0.0637. The fraction of sp³-hybridized carbons (Fsp3) is 0.200. The second-order valence-electron chi connectivity index (χ2n) is 4.39. The van der Waals surface area contributed by atoms with Crippen molar-refractivity contribution in [2.45, 2.75) is 18.9 Å². The minimum Gasteiger partial charge on any atom is -0.392 e. The van der Waals surface area contributed by atoms with Crippen LogP contribution in [0.15, 0.2) is 42.5 Å². The summed E-state index contributed by atoms with van der Waals surface area (Å²) in [5.74, 6) is -0.397. The first kappa shape index (κ1) is 14.3. The summed E-state index contributed by atoms with van der Waals surface area (Å²) in [6, 6.07) is 11.8. The van der Waals surface area contributed by atoms with Gasteiger partial charge in [0.25, 0.3) is 0 Å². The van der Waals surface area contributed by atoms with Crippen molar-refractivity contribution in [3.8, 4) is 0 Å². The number of hydrogen-bond acceptors (Lipinski definition) is 1. The molecule has 4 heteroatoms. The van der Waals surface area contributed by atoms with Gasteiger partial charge < -0.3 is 5.11 Å². The molecule has 0 aliphatic heterocycles. The normalized spacial score (nSPS) is 12.4. The van der Waals surface area contributed by atoms with Gasteiger partial charge in [-0.1, -0.05) is 47.5 Å². The Bertz CT molecular complexity index is 572. The van der Waals surface area contributed by atoms with Gasteiger partial charge in [-0.2, -0.15) is 0 Å². The standard InChI is InChI=1S/C15H13Cl2FO/c16-12-6-5-11(15(18)9-12)8-13(19)7-10-3-1-2-4-14(10)17/h1-6,9,13,19H,7-8H2. The summed E-state index contributed by atoms with van der Waals surface area (Å²) in [5.41, 5.74) is 1.30. The molecule has 0 radical (unpaired) electrons. The van der Waals surface area contributed by atoms with Crippen LogP contribution >= 0.6 is 23.2 Å². The average Bonchev–Trinajstić information content (AvgIpc) is 2.36. The summed E-state index contributed by atoms with van der Waals surface area (Å²) < 4.78 is 13.6. The second-order valence-corrected chi connectivity index (χ2v) is 5.23. The van der Waals surface area contributed by atoms with Gasteiger partial charge in [0.15, 0.2) is 0 Å². The molecule has 2 aromatic rings. The zero-order valence-corrected chi connectivity index (χ0v) is 11.6. The molecule has 1 N–H and O–H groups in total. The highest BCUT2D eigenvalue weighted by Crippen LogP contribution is 2.20. The van der Waals surface area contributed by atoms with Crippen LogP contribution in [0.3, 0.4) is 0 Å². The van der Waals surface area contributed by atoms with Gasteiger partial charge in [-0.3, -0.25) is 0 Å². The molecular weight excluding hydrogens is 286 g/mol. The lowest BCUT2D eigenvalue weighted by Crippen LogP contribution is -2.15. The van der Waals surface area contributed by atoms with Crippen LogP contribution < -0.4 is 0 Å². The topological polar surface area (TPSA) is 20.2 Å². The van der Waals surface area contributed by atoms with Gasteiger partial charge in [0.1, 0.15) is 5.82 Å². The van der Waals surface area contributed by atoms with E-state index in [4.69, 9.17) is 23.2 Å². The van der Waals surface area contributed by atoms with Crippen LogP contribution in [0.4, 0.5) is 4.39 Å². The first-order chi connectivity index (χ1) is 9.06. The highest BCUT2D eigenvalue weighted by molar-refractivity contribution is 6.31. The van der Waals surface area contributed by atoms with Crippen molar-refractivity contribution in [3.05, 3.63) is 69.5 Å². The molecule has 0 bridgehead atoms. The molecule has 2 aromatic carbocycles. The molecule has 2 rings (SSSR count). The van der Waals surface area contributed by atoms with Gasteiger partial charge >= 0.3 is 0 Å². The molecule has 0 spiro atoms. The predicted octanol–water partition coefficient (Wildman–Crippen LogP) is 4.28. The second kappa shape index (κ2) is 6.38. The van der Waals surface area contributed by atoms with E-state index in [0.29, 0.717) is 22.0 Å². The molecule has 1 atom stereocenters. The Morgan fingerprint density at radius 1 is 1.00 bits per heavy atom. The summed E-state index contributed by atoms with van der Waals surface area (Å²) in [6.45, 7) is 0. The fourth-order valence-electron chi connectivity index (χ4n) is 1.93. The van der Waals surface area contributed by atoms with Crippen molar-refractivity contribution in [3.63, 3.8) is 0 Å². The maximum Gasteiger partial charge on any atom is 0.127 e. The van der Waals surface area contributed by atoms with Crippen LogP contribution in [-0.4, -0.2) is 11.2 Å². The van der Waals surface area contributed by atoms with Crippen LogP contribution in [0.25, 0.3) is 0 Å². The molecular formula is C15H13Cl2FO. The van der Waals surface area contributed by atoms with Gasteiger partial charge in [0.05, 0.1) is 6.10 Å². The number of aliphatic hydroxyl groups is 1. The lowest BCUT2D eigenvalue weighted by atomic mass is 10.0. The SMILES string of the molecule is OC(Cc1ccc(Cl)cc1F)Cc1ccccc1Cl. The van der Waals surface area contributed by atoms with E-state index >= 15 is 0 Å². The van der Waals surface area contributed by atoms with Crippen molar-refractivity contribution in [1.82, 2.24) is 0 Å². The zero-order chi connectivity index (χ0) is 13.8. The third-order valence-corrected chi connectivity index (χ3v) is 3.49. The lowest BCUT2D eigenvalue weighted by molar-refractivity contribution is 0.174. The van der Waals surface area contributed by atoms with Gasteiger partial charge in [-0.25, -0.2) is 4.39 Å². The molecule has 0 aliphatic rings. The molecule has 0 aliphatic carbocycles. The summed E-state index contributed by atoms with van der Waals surface area (Å²) >= 11 is 11.7. The highest BCUT2D eigenvalue weighted by atomic mass is 35.5. The Morgan fingerprint density at radius 2 is 1.68 bits per heavy atom. The molecule has 0 saturated carbocycles. The molecule has 0 amide bonds. The van der Waals surface area contributed by atoms with E-state index in [1.54, 1.807) is 18.2 Å². The first-order valence-electron chi connectivity index (χ1n) is 5.91. The smallest absolute Gasteiger partial charge is 0.127 e. The van der Waals surface area contributed by atoms with Gasteiger partial charge in [-0.05, 0) is 29.3 Å². The Hall–Kier alpha value is -1.09. The molecule has 0 saturated heterocycles. The Kier molecular flexibility index (Phi) is 4.81. The molecule has 0 aromatic heterocycles. The largest absolute Gasteiger partial charge is 0.392 e. The predicted molar refractivity (Wildman–Crippen MR) is 76.3 cm³/mol. The lowest BCUT2D eigenvalue weighted by Gasteiger charge is -2.12. The first-order valence-corrected chi connectivity index (χ1v) is 6.67. The molecule has 0 heterocycles. The number of halogens is 3. The zero-order valence-electron chi connectivity index (χ0n) is 10.1. The van der Waals surface area contributed by atoms with E-state index in [0.717, 1.165) is 5.56 Å². The van der Waals surface area contributed by atoms with Crippen LogP contribution in [-0.2, 0) is 12.8 Å². The summed E-state index contributed by atoms with van der Waals surface area (Å²) in [4.78, 5) is 0. The number of hydrogen-bond donors (Lipinski definition) is 1. The van der Waals surface area contributed by atoms with Crippen molar-refractivity contribution in [2.24, 2.45) is 0 Å². The van der Waals surface area contributed by atoms with Crippen LogP contribution in [0.2, 0.25) is 10.0 Å². The number of rotatable bonds is 4. The summed E-state index contributed by atoms with van der Waals surface area (Å²) in [5, 5.41) is 11.0. The van der Waals surface area contributed by atoms with Crippen molar-refractivity contribution in [2.75, 3.05) is 0 Å². The van der Waals surface area contributed by atoms with E-state index in [2.05, 4.69) is 0 Å². The van der Waals surface area contributed by atoms with Crippen molar-refractivity contribution >= 4 is 23.2 Å². The average molecular weight is 299 g/mol. The van der Waals surface area contributed by atoms with E-state index in [9.17, 15) is 9.50 Å². The van der Waals surface area contributed by atoms with Gasteiger partial charge in [0, 0.05) is 22.9 Å². The highest BCUT2D eigenvalue weighted by Gasteiger charge is 2.12. The van der Waals surface area contributed by atoms with E-state index < -0.39 is 11.9 Å². The minimum atomic E-state index is -0.685. The molecule has 1 unspecified atom stereocenters.